The van der Waals surface area contributed by atoms with Gasteiger partial charge in [-0.05, 0) is 33.6 Å². The number of methoxy groups -OCH3 is 1. The molecule has 0 aliphatic carbocycles. The average molecular weight is 260 g/mol. The first-order valence-corrected chi connectivity index (χ1v) is 5.98. The fraction of sp³-hybridized carbons (Fsp3) is 0.833. The summed E-state index contributed by atoms with van der Waals surface area (Å²) in [7, 11) is 1.58. The molecule has 0 fully saturated rings. The first kappa shape index (κ1) is 16.9. The van der Waals surface area contributed by atoms with Gasteiger partial charge in [-0.15, -0.1) is 0 Å². The minimum atomic E-state index is -1.04. The highest BCUT2D eigenvalue weighted by Gasteiger charge is 2.31. The molecule has 106 valence electrons. The van der Waals surface area contributed by atoms with Crippen LogP contribution in [0.3, 0.4) is 0 Å². The van der Waals surface area contributed by atoms with Crippen molar-refractivity contribution >= 4 is 11.9 Å². The number of nitrogens with two attached hydrogens (primary N) is 1. The molecule has 1 amide bonds. The summed E-state index contributed by atoms with van der Waals surface area (Å²) in [5, 5.41) is 8.84. The first-order chi connectivity index (χ1) is 8.20. The predicted octanol–water partition coefficient (Wildman–Crippen LogP) is 0.452. The summed E-state index contributed by atoms with van der Waals surface area (Å²) >= 11 is 0. The van der Waals surface area contributed by atoms with Gasteiger partial charge < -0.3 is 20.5 Å². The molecule has 6 heteroatoms. The van der Waals surface area contributed by atoms with Gasteiger partial charge in [0, 0.05) is 19.3 Å². The normalized spacial score (nSPS) is 13.2. The van der Waals surface area contributed by atoms with Gasteiger partial charge in [-0.1, -0.05) is 0 Å². The fourth-order valence-corrected chi connectivity index (χ4v) is 1.55. The second kappa shape index (κ2) is 7.33. The molecule has 0 aromatic carbocycles. The Hall–Kier alpha value is -1.14. The van der Waals surface area contributed by atoms with Crippen LogP contribution >= 0.6 is 0 Å². The largest absolute Gasteiger partial charge is 0.480 e. The Balaban J connectivity index is 4.59. The van der Waals surface area contributed by atoms with E-state index in [2.05, 4.69) is 0 Å². The van der Waals surface area contributed by atoms with Crippen molar-refractivity contribution in [3.63, 3.8) is 0 Å². The van der Waals surface area contributed by atoms with Crippen LogP contribution in [-0.2, 0) is 14.3 Å². The average Bonchev–Trinajstić information content (AvgIpc) is 2.23. The van der Waals surface area contributed by atoms with E-state index in [1.165, 1.54) is 4.90 Å². The third kappa shape index (κ3) is 5.97. The van der Waals surface area contributed by atoms with E-state index in [1.54, 1.807) is 27.9 Å². The zero-order chi connectivity index (χ0) is 14.3. The van der Waals surface area contributed by atoms with Gasteiger partial charge in [0.15, 0.2) is 0 Å². The SMILES string of the molecule is COCCCC(N)C(=O)N(CC(=O)O)C(C)(C)C. The van der Waals surface area contributed by atoms with Crippen LogP contribution in [0.2, 0.25) is 0 Å². The van der Waals surface area contributed by atoms with Gasteiger partial charge in [-0.3, -0.25) is 9.59 Å². The van der Waals surface area contributed by atoms with Crippen LogP contribution < -0.4 is 5.73 Å². The maximum Gasteiger partial charge on any atom is 0.323 e. The van der Waals surface area contributed by atoms with Crippen molar-refractivity contribution < 1.29 is 19.4 Å². The number of aliphatic carboxylic acids is 1. The van der Waals surface area contributed by atoms with Gasteiger partial charge >= 0.3 is 5.97 Å². The Bertz CT molecular complexity index is 286. The second-order valence-electron chi connectivity index (χ2n) is 5.23. The number of rotatable bonds is 7. The number of carboxylic acid groups (broad SMARTS) is 1. The molecule has 1 atom stereocenters. The molecule has 18 heavy (non-hydrogen) atoms. The van der Waals surface area contributed by atoms with E-state index in [9.17, 15) is 9.59 Å². The number of carboxylic acids is 1. The van der Waals surface area contributed by atoms with Gasteiger partial charge in [0.05, 0.1) is 6.04 Å². The maximum atomic E-state index is 12.1. The van der Waals surface area contributed by atoms with Crippen molar-refractivity contribution in [3.8, 4) is 0 Å². The Morgan fingerprint density at radius 2 is 1.94 bits per heavy atom. The topological polar surface area (TPSA) is 92.9 Å². The molecule has 1 unspecified atom stereocenters. The molecular formula is C12H24N2O4. The van der Waals surface area contributed by atoms with Gasteiger partial charge in [-0.2, -0.15) is 0 Å². The number of amides is 1. The molecule has 0 aromatic heterocycles. The zero-order valence-electron chi connectivity index (χ0n) is 11.6. The van der Waals surface area contributed by atoms with E-state index in [0.717, 1.165) is 0 Å². The first-order valence-electron chi connectivity index (χ1n) is 5.98. The van der Waals surface area contributed by atoms with Crippen molar-refractivity contribution in [2.45, 2.75) is 45.2 Å². The van der Waals surface area contributed by atoms with Gasteiger partial charge in [0.25, 0.3) is 0 Å². The molecule has 0 radical (unpaired) electrons. The lowest BCUT2D eigenvalue weighted by Gasteiger charge is -2.36. The van der Waals surface area contributed by atoms with Crippen molar-refractivity contribution in [1.29, 1.82) is 0 Å². The molecule has 0 spiro atoms. The third-order valence-corrected chi connectivity index (χ3v) is 2.55. The van der Waals surface area contributed by atoms with Gasteiger partial charge in [0.1, 0.15) is 6.54 Å². The summed E-state index contributed by atoms with van der Waals surface area (Å²) in [6.07, 6.45) is 1.16. The van der Waals surface area contributed by atoms with Crippen molar-refractivity contribution in [2.24, 2.45) is 5.73 Å². The van der Waals surface area contributed by atoms with Crippen molar-refractivity contribution in [2.75, 3.05) is 20.3 Å². The molecule has 0 aliphatic rings. The number of ether oxygens (including phenoxy) is 1. The summed E-state index contributed by atoms with van der Waals surface area (Å²) in [6.45, 7) is 5.57. The third-order valence-electron chi connectivity index (χ3n) is 2.55. The fourth-order valence-electron chi connectivity index (χ4n) is 1.55. The molecule has 6 nitrogen and oxygen atoms in total. The van der Waals surface area contributed by atoms with Crippen LogP contribution in [0.5, 0.6) is 0 Å². The molecular weight excluding hydrogens is 236 g/mol. The Labute approximate surface area is 108 Å². The Kier molecular flexibility index (Phi) is 6.86. The summed E-state index contributed by atoms with van der Waals surface area (Å²) < 4.78 is 4.89. The molecule has 0 heterocycles. The van der Waals surface area contributed by atoms with Crippen LogP contribution in [0.4, 0.5) is 0 Å². The van der Waals surface area contributed by atoms with Crippen LogP contribution in [0.15, 0.2) is 0 Å². The number of hydrogen-bond acceptors (Lipinski definition) is 4. The maximum absolute atomic E-state index is 12.1. The Morgan fingerprint density at radius 3 is 2.33 bits per heavy atom. The summed E-state index contributed by atoms with van der Waals surface area (Å²) in [5.41, 5.74) is 5.23. The number of carbonyl (C=O) groups excluding carboxylic acids is 1. The van der Waals surface area contributed by atoms with Crippen molar-refractivity contribution in [3.05, 3.63) is 0 Å². The lowest BCUT2D eigenvalue weighted by molar-refractivity contribution is -0.149. The van der Waals surface area contributed by atoms with E-state index in [1.807, 2.05) is 0 Å². The molecule has 0 saturated heterocycles. The molecule has 0 bridgehead atoms. The summed E-state index contributed by atoms with van der Waals surface area (Å²) in [6, 6.07) is -0.682. The Morgan fingerprint density at radius 1 is 1.39 bits per heavy atom. The monoisotopic (exact) mass is 260 g/mol. The highest BCUT2D eigenvalue weighted by molar-refractivity contribution is 5.85. The summed E-state index contributed by atoms with van der Waals surface area (Å²) in [5.74, 6) is -1.37. The number of hydrogen-bond donors (Lipinski definition) is 2. The van der Waals surface area contributed by atoms with Gasteiger partial charge in [-0.25, -0.2) is 0 Å². The van der Waals surface area contributed by atoms with Gasteiger partial charge in [0.2, 0.25) is 5.91 Å². The molecule has 0 rings (SSSR count). The molecule has 0 saturated carbocycles. The van der Waals surface area contributed by atoms with E-state index < -0.39 is 17.6 Å². The molecule has 0 aliphatic heterocycles. The summed E-state index contributed by atoms with van der Waals surface area (Å²) in [4.78, 5) is 24.2. The van der Waals surface area contributed by atoms with Crippen molar-refractivity contribution in [1.82, 2.24) is 4.90 Å². The molecule has 3 N–H and O–H groups in total. The quantitative estimate of drug-likeness (QED) is 0.648. The highest BCUT2D eigenvalue weighted by atomic mass is 16.5. The van der Waals surface area contributed by atoms with E-state index in [4.69, 9.17) is 15.6 Å². The van der Waals surface area contributed by atoms with Crippen LogP contribution in [0.25, 0.3) is 0 Å². The van der Waals surface area contributed by atoms with Crippen LogP contribution in [-0.4, -0.2) is 53.7 Å². The highest BCUT2D eigenvalue weighted by Crippen LogP contribution is 2.15. The number of nitrogens with zero attached hydrogens (tertiary/aromatic N) is 1. The van der Waals surface area contributed by atoms with E-state index in [0.29, 0.717) is 19.4 Å². The lowest BCUT2D eigenvalue weighted by Crippen LogP contribution is -2.54. The zero-order valence-corrected chi connectivity index (χ0v) is 11.6. The molecule has 0 aromatic rings. The van der Waals surface area contributed by atoms with E-state index in [-0.39, 0.29) is 12.5 Å². The van der Waals surface area contributed by atoms with Crippen LogP contribution in [0, 0.1) is 0 Å². The minimum Gasteiger partial charge on any atom is -0.480 e. The smallest absolute Gasteiger partial charge is 0.323 e. The predicted molar refractivity (Wildman–Crippen MR) is 68.2 cm³/mol. The number of carbonyl (C=O) groups is 2. The minimum absolute atomic E-state index is 0.332. The lowest BCUT2D eigenvalue weighted by atomic mass is 10.0. The van der Waals surface area contributed by atoms with Crippen LogP contribution in [0.1, 0.15) is 33.6 Å². The second-order valence-corrected chi connectivity index (χ2v) is 5.23. The van der Waals surface area contributed by atoms with E-state index >= 15 is 0 Å². The standard InChI is InChI=1S/C12H24N2O4/c1-12(2,3)14(8-10(15)16)11(17)9(13)6-5-7-18-4/h9H,5-8,13H2,1-4H3,(H,15,16).